The van der Waals surface area contributed by atoms with Gasteiger partial charge in [0.25, 0.3) is 0 Å². The van der Waals surface area contributed by atoms with Gasteiger partial charge < -0.3 is 14.5 Å². The van der Waals surface area contributed by atoms with Gasteiger partial charge in [-0.25, -0.2) is 4.79 Å². The van der Waals surface area contributed by atoms with E-state index in [-0.39, 0.29) is 5.75 Å². The first kappa shape index (κ1) is 16.7. The predicted molar refractivity (Wildman–Crippen MR) is 112 cm³/mol. The van der Waals surface area contributed by atoms with Gasteiger partial charge in [-0.2, -0.15) is 0 Å². The Bertz CT molecular complexity index is 1380. The van der Waals surface area contributed by atoms with Gasteiger partial charge in [-0.3, -0.25) is 0 Å². The van der Waals surface area contributed by atoms with Crippen molar-refractivity contribution in [3.63, 3.8) is 0 Å². The average molecular weight is 388 g/mol. The molecule has 0 fully saturated rings. The van der Waals surface area contributed by atoms with E-state index >= 15 is 0 Å². The molecular weight excluding hydrogens is 374 g/mol. The molecule has 0 bridgehead atoms. The van der Waals surface area contributed by atoms with Gasteiger partial charge in [0.2, 0.25) is 0 Å². The summed E-state index contributed by atoms with van der Waals surface area (Å²) in [7, 11) is 0. The lowest BCUT2D eigenvalue weighted by Gasteiger charge is -2.09. The van der Waals surface area contributed by atoms with Crippen molar-refractivity contribution in [1.29, 1.82) is 0 Å². The van der Waals surface area contributed by atoms with E-state index < -0.39 is 5.63 Å². The van der Waals surface area contributed by atoms with Crippen LogP contribution in [0.15, 0.2) is 82.1 Å². The second-order valence-corrected chi connectivity index (χ2v) is 7.01. The molecule has 0 spiro atoms. The molecule has 0 aliphatic carbocycles. The zero-order valence-electron chi connectivity index (χ0n) is 14.6. The minimum atomic E-state index is -0.463. The van der Waals surface area contributed by atoms with Gasteiger partial charge in [0.15, 0.2) is 0 Å². The quantitative estimate of drug-likeness (QED) is 0.367. The second-order valence-electron chi connectivity index (χ2n) is 6.57. The first-order valence-corrected chi connectivity index (χ1v) is 9.12. The van der Waals surface area contributed by atoms with Crippen molar-refractivity contribution in [2.75, 3.05) is 0 Å². The number of rotatable bonds is 2. The summed E-state index contributed by atoms with van der Waals surface area (Å²) in [5, 5.41) is 12.8. The van der Waals surface area contributed by atoms with E-state index in [4.69, 9.17) is 16.0 Å². The number of halogens is 1. The number of fused-ring (bicyclic) bond motifs is 3. The predicted octanol–water partition coefficient (Wildman–Crippen LogP) is 5.97. The van der Waals surface area contributed by atoms with Crippen LogP contribution in [0, 0.1) is 0 Å². The number of hydrogen-bond acceptors (Lipinski definition) is 3. The number of H-pyrrole nitrogens is 1. The molecule has 0 saturated heterocycles. The summed E-state index contributed by atoms with van der Waals surface area (Å²) in [4.78, 5) is 15.4. The molecule has 4 nitrogen and oxygen atoms in total. The van der Waals surface area contributed by atoms with Gasteiger partial charge in [-0.05, 0) is 23.3 Å². The Labute approximate surface area is 164 Å². The van der Waals surface area contributed by atoms with Crippen LogP contribution >= 0.6 is 11.6 Å². The average Bonchev–Trinajstić information content (AvgIpc) is 3.14. The SMILES string of the molecule is O=c1cc(-c2ccccc2)c2c(cc(O)c3c(-c4ccc(Cl)cc4)c[nH]c32)o1. The second kappa shape index (κ2) is 6.29. The number of benzene rings is 3. The van der Waals surface area contributed by atoms with Crippen molar-refractivity contribution in [3.8, 4) is 28.0 Å². The van der Waals surface area contributed by atoms with Gasteiger partial charge in [-0.15, -0.1) is 0 Å². The number of nitrogens with one attached hydrogen (secondary N) is 1. The maximum absolute atomic E-state index is 12.1. The van der Waals surface area contributed by atoms with Gasteiger partial charge >= 0.3 is 5.63 Å². The third kappa shape index (κ3) is 2.58. The molecule has 0 atom stereocenters. The number of phenols is 1. The Morgan fingerprint density at radius 2 is 1.57 bits per heavy atom. The van der Waals surface area contributed by atoms with E-state index in [0.29, 0.717) is 21.5 Å². The Hall–Kier alpha value is -3.50. The number of aromatic nitrogens is 1. The van der Waals surface area contributed by atoms with E-state index in [1.165, 1.54) is 12.1 Å². The molecule has 2 N–H and O–H groups in total. The third-order valence-corrected chi connectivity index (χ3v) is 5.13. The third-order valence-electron chi connectivity index (χ3n) is 4.88. The molecule has 5 rings (SSSR count). The van der Waals surface area contributed by atoms with E-state index in [0.717, 1.165) is 27.6 Å². The zero-order valence-corrected chi connectivity index (χ0v) is 15.3. The number of phenolic OH excluding ortho intramolecular Hbond substituents is 1. The summed E-state index contributed by atoms with van der Waals surface area (Å²) in [5.41, 5.74) is 4.00. The standard InChI is InChI=1S/C23H14ClNO3/c24-15-8-6-14(7-9-15)17-12-25-23-21(17)18(26)11-19-22(23)16(10-20(27)28-19)13-4-2-1-3-5-13/h1-12,25-26H. The van der Waals surface area contributed by atoms with E-state index in [2.05, 4.69) is 4.98 Å². The summed E-state index contributed by atoms with van der Waals surface area (Å²) in [6.07, 6.45) is 1.84. The van der Waals surface area contributed by atoms with Gasteiger partial charge in [-0.1, -0.05) is 54.1 Å². The number of hydrogen-bond donors (Lipinski definition) is 2. The molecule has 5 aromatic rings. The first-order chi connectivity index (χ1) is 13.6. The van der Waals surface area contributed by atoms with Crippen molar-refractivity contribution in [3.05, 3.63) is 88.4 Å². The van der Waals surface area contributed by atoms with Crippen LogP contribution < -0.4 is 5.63 Å². The molecule has 2 heterocycles. The molecular formula is C23H14ClNO3. The Morgan fingerprint density at radius 1 is 0.857 bits per heavy atom. The van der Waals surface area contributed by atoms with Gasteiger partial charge in [0.1, 0.15) is 11.3 Å². The van der Waals surface area contributed by atoms with E-state index in [1.807, 2.05) is 60.8 Å². The van der Waals surface area contributed by atoms with Crippen LogP contribution in [0.4, 0.5) is 0 Å². The van der Waals surface area contributed by atoms with E-state index in [1.54, 1.807) is 0 Å². The molecule has 0 aliphatic heterocycles. The minimum absolute atomic E-state index is 0.0436. The van der Waals surface area contributed by atoms with Gasteiger partial charge in [0.05, 0.1) is 5.52 Å². The lowest BCUT2D eigenvalue weighted by molar-refractivity contribution is 0.479. The molecule has 5 heteroatoms. The normalized spacial score (nSPS) is 11.3. The highest BCUT2D eigenvalue weighted by Gasteiger charge is 2.18. The summed E-state index contributed by atoms with van der Waals surface area (Å²) >= 11 is 6.00. The highest BCUT2D eigenvalue weighted by Crippen LogP contribution is 2.42. The smallest absolute Gasteiger partial charge is 0.336 e. The minimum Gasteiger partial charge on any atom is -0.507 e. The largest absolute Gasteiger partial charge is 0.507 e. The van der Waals surface area contributed by atoms with Crippen LogP contribution in [-0.2, 0) is 0 Å². The highest BCUT2D eigenvalue weighted by molar-refractivity contribution is 6.30. The fraction of sp³-hybridized carbons (Fsp3) is 0. The molecule has 136 valence electrons. The molecule has 3 aromatic carbocycles. The van der Waals surface area contributed by atoms with Crippen molar-refractivity contribution in [2.24, 2.45) is 0 Å². The van der Waals surface area contributed by atoms with Crippen molar-refractivity contribution >= 4 is 33.5 Å². The van der Waals surface area contributed by atoms with Crippen molar-refractivity contribution in [1.82, 2.24) is 4.98 Å². The fourth-order valence-electron chi connectivity index (χ4n) is 3.66. The van der Waals surface area contributed by atoms with Crippen LogP contribution in [0.2, 0.25) is 5.02 Å². The Kier molecular flexibility index (Phi) is 3.74. The van der Waals surface area contributed by atoms with Crippen LogP contribution in [0.25, 0.3) is 44.1 Å². The lowest BCUT2D eigenvalue weighted by atomic mass is 9.97. The molecule has 0 amide bonds. The molecule has 28 heavy (non-hydrogen) atoms. The van der Waals surface area contributed by atoms with Gasteiger partial charge in [0, 0.05) is 45.3 Å². The van der Waals surface area contributed by atoms with Crippen LogP contribution in [0.5, 0.6) is 5.75 Å². The fourth-order valence-corrected chi connectivity index (χ4v) is 3.78. The number of aromatic hydroxyl groups is 1. The zero-order chi connectivity index (χ0) is 19.3. The summed E-state index contributed by atoms with van der Waals surface area (Å²) < 4.78 is 5.39. The van der Waals surface area contributed by atoms with E-state index in [9.17, 15) is 9.90 Å². The molecule has 0 radical (unpaired) electrons. The van der Waals surface area contributed by atoms with Crippen LogP contribution in [-0.4, -0.2) is 10.1 Å². The Balaban J connectivity index is 1.90. The summed E-state index contributed by atoms with van der Waals surface area (Å²) in [6, 6.07) is 20.0. The molecule has 0 aliphatic rings. The molecule has 2 aromatic heterocycles. The molecule has 0 saturated carbocycles. The first-order valence-electron chi connectivity index (χ1n) is 8.74. The maximum Gasteiger partial charge on any atom is 0.336 e. The summed E-state index contributed by atoms with van der Waals surface area (Å²) in [5.74, 6) is 0.0436. The molecule has 0 unspecified atom stereocenters. The Morgan fingerprint density at radius 3 is 2.32 bits per heavy atom. The van der Waals surface area contributed by atoms with Crippen molar-refractivity contribution < 1.29 is 9.52 Å². The lowest BCUT2D eigenvalue weighted by Crippen LogP contribution is -1.98. The van der Waals surface area contributed by atoms with Crippen LogP contribution in [0.3, 0.4) is 0 Å². The number of aromatic amines is 1. The van der Waals surface area contributed by atoms with Crippen LogP contribution in [0.1, 0.15) is 0 Å². The summed E-state index contributed by atoms with van der Waals surface area (Å²) in [6.45, 7) is 0. The highest BCUT2D eigenvalue weighted by atomic mass is 35.5. The van der Waals surface area contributed by atoms with Crippen molar-refractivity contribution in [2.45, 2.75) is 0 Å². The maximum atomic E-state index is 12.1. The monoisotopic (exact) mass is 387 g/mol. The topological polar surface area (TPSA) is 66.2 Å².